The lowest BCUT2D eigenvalue weighted by molar-refractivity contribution is -0.911. The third-order valence-corrected chi connectivity index (χ3v) is 3.39. The van der Waals surface area contributed by atoms with Crippen LogP contribution in [0.1, 0.15) is 52.4 Å². The van der Waals surface area contributed by atoms with Gasteiger partial charge in [0.15, 0.2) is 0 Å². The van der Waals surface area contributed by atoms with E-state index in [1.165, 1.54) is 45.1 Å². The summed E-state index contributed by atoms with van der Waals surface area (Å²) >= 11 is 0. The molecule has 16 heavy (non-hydrogen) atoms. The van der Waals surface area contributed by atoms with Crippen LogP contribution in [0.4, 0.5) is 0 Å². The van der Waals surface area contributed by atoms with Gasteiger partial charge in [-0.15, -0.1) is 0 Å². The molecule has 2 nitrogen and oxygen atoms in total. The van der Waals surface area contributed by atoms with Gasteiger partial charge in [0, 0.05) is 0 Å². The van der Waals surface area contributed by atoms with E-state index in [4.69, 9.17) is 4.74 Å². The third-order valence-electron chi connectivity index (χ3n) is 3.39. The molecule has 1 aliphatic rings. The maximum Gasteiger partial charge on any atom is 0.220 e. The fraction of sp³-hybridized carbons (Fsp3) is 1.00. The zero-order valence-corrected chi connectivity index (χ0v) is 12.1. The average Bonchev–Trinajstić information content (AvgIpc) is 2.92. The number of quaternary nitrogens is 1. The molecule has 0 N–H and O–H groups in total. The van der Waals surface area contributed by atoms with E-state index in [9.17, 15) is 0 Å². The van der Waals surface area contributed by atoms with Gasteiger partial charge >= 0.3 is 0 Å². The zero-order valence-electron chi connectivity index (χ0n) is 11.3. The molecule has 0 bridgehead atoms. The van der Waals surface area contributed by atoms with Gasteiger partial charge in [0.1, 0.15) is 6.10 Å². The van der Waals surface area contributed by atoms with Crippen molar-refractivity contribution in [2.45, 2.75) is 64.7 Å². The van der Waals surface area contributed by atoms with E-state index in [1.54, 1.807) is 0 Å². The summed E-state index contributed by atoms with van der Waals surface area (Å²) in [4.78, 5) is 0. The van der Waals surface area contributed by atoms with E-state index >= 15 is 0 Å². The molecule has 3 heteroatoms. The number of ether oxygens (including phenoxy) is 1. The van der Waals surface area contributed by atoms with Crippen LogP contribution in [0.15, 0.2) is 0 Å². The first-order chi connectivity index (χ1) is 7.11. The number of rotatable bonds is 8. The van der Waals surface area contributed by atoms with Crippen molar-refractivity contribution >= 4 is 0 Å². The molecule has 1 heterocycles. The molecule has 0 aromatic heterocycles. The van der Waals surface area contributed by atoms with Crippen molar-refractivity contribution in [3.8, 4) is 0 Å². The van der Waals surface area contributed by atoms with Crippen LogP contribution in [0.5, 0.6) is 0 Å². The number of halogens is 1. The number of unbranched alkanes of at least 4 members (excludes halogenated alkanes) is 3. The summed E-state index contributed by atoms with van der Waals surface area (Å²) in [5, 5.41) is 0. The van der Waals surface area contributed by atoms with E-state index in [1.807, 2.05) is 0 Å². The molecular formula is C13H28ClNO. The molecule has 98 valence electrons. The van der Waals surface area contributed by atoms with Crippen LogP contribution in [0.25, 0.3) is 0 Å². The van der Waals surface area contributed by atoms with E-state index < -0.39 is 0 Å². The van der Waals surface area contributed by atoms with Crippen LogP contribution >= 0.6 is 0 Å². The summed E-state index contributed by atoms with van der Waals surface area (Å²) in [6, 6.07) is 0. The summed E-state index contributed by atoms with van der Waals surface area (Å²) in [7, 11) is 4.58. The summed E-state index contributed by atoms with van der Waals surface area (Å²) in [6.45, 7) is 5.74. The van der Waals surface area contributed by atoms with Crippen molar-refractivity contribution < 1.29 is 21.6 Å². The van der Waals surface area contributed by atoms with Gasteiger partial charge in [-0.2, -0.15) is 0 Å². The Morgan fingerprint density at radius 1 is 1.00 bits per heavy atom. The first kappa shape index (κ1) is 16.2. The van der Waals surface area contributed by atoms with Crippen LogP contribution in [0, 0.1) is 0 Å². The first-order valence-electron chi connectivity index (χ1n) is 6.60. The van der Waals surface area contributed by atoms with Crippen LogP contribution in [0.3, 0.4) is 0 Å². The Morgan fingerprint density at radius 3 is 2.25 bits per heavy atom. The second-order valence-electron chi connectivity index (χ2n) is 5.42. The Morgan fingerprint density at radius 2 is 1.69 bits per heavy atom. The molecule has 0 spiro atoms. The van der Waals surface area contributed by atoms with Crippen molar-refractivity contribution in [3.05, 3.63) is 0 Å². The maximum atomic E-state index is 5.79. The number of likely N-dealkylation sites (N-methyl/N-ethyl adjacent to an activating group) is 1. The van der Waals surface area contributed by atoms with Crippen LogP contribution in [-0.2, 0) is 4.74 Å². The highest BCUT2D eigenvalue weighted by atomic mass is 35.5. The van der Waals surface area contributed by atoms with Gasteiger partial charge in [0.2, 0.25) is 6.23 Å². The van der Waals surface area contributed by atoms with Gasteiger partial charge in [0.25, 0.3) is 0 Å². The highest BCUT2D eigenvalue weighted by molar-refractivity contribution is 4.77. The molecule has 0 amide bonds. The molecular weight excluding hydrogens is 222 g/mol. The van der Waals surface area contributed by atoms with E-state index in [-0.39, 0.29) is 12.4 Å². The molecule has 0 radical (unpaired) electrons. The second kappa shape index (κ2) is 7.52. The first-order valence-corrected chi connectivity index (χ1v) is 6.60. The largest absolute Gasteiger partial charge is 1.00 e. The van der Waals surface area contributed by atoms with Crippen molar-refractivity contribution in [3.63, 3.8) is 0 Å². The van der Waals surface area contributed by atoms with Crippen LogP contribution < -0.4 is 12.4 Å². The highest BCUT2D eigenvalue weighted by Crippen LogP contribution is 2.33. The van der Waals surface area contributed by atoms with Gasteiger partial charge in [-0.25, -0.2) is 0 Å². The predicted octanol–water partition coefficient (Wildman–Crippen LogP) is 0.172. The summed E-state index contributed by atoms with van der Waals surface area (Å²) < 4.78 is 6.84. The van der Waals surface area contributed by atoms with Crippen molar-refractivity contribution in [1.82, 2.24) is 0 Å². The Kier molecular flexibility index (Phi) is 7.62. The highest BCUT2D eigenvalue weighted by Gasteiger charge is 2.50. The smallest absolute Gasteiger partial charge is 0.220 e. The lowest BCUT2D eigenvalue weighted by Crippen LogP contribution is -3.00. The fourth-order valence-corrected chi connectivity index (χ4v) is 2.44. The molecule has 0 saturated carbocycles. The van der Waals surface area contributed by atoms with E-state index in [2.05, 4.69) is 27.9 Å². The van der Waals surface area contributed by atoms with Gasteiger partial charge in [-0.3, -0.25) is 0 Å². The molecule has 1 fully saturated rings. The van der Waals surface area contributed by atoms with Gasteiger partial charge in [0.05, 0.1) is 20.6 Å². The summed E-state index contributed by atoms with van der Waals surface area (Å²) in [5.41, 5.74) is 0. The normalized spacial score (nSPS) is 24.0. The number of hydrogen-bond acceptors (Lipinski definition) is 1. The fourth-order valence-electron chi connectivity index (χ4n) is 2.44. The maximum absolute atomic E-state index is 5.79. The monoisotopic (exact) mass is 249 g/mol. The van der Waals surface area contributed by atoms with Crippen molar-refractivity contribution in [1.29, 1.82) is 0 Å². The van der Waals surface area contributed by atoms with Gasteiger partial charge in [-0.05, 0) is 12.8 Å². The molecule has 0 aromatic carbocycles. The molecule has 2 atom stereocenters. The molecule has 1 aliphatic heterocycles. The molecule has 1 saturated heterocycles. The van der Waals surface area contributed by atoms with Crippen molar-refractivity contribution in [2.24, 2.45) is 0 Å². The second-order valence-corrected chi connectivity index (χ2v) is 5.42. The quantitative estimate of drug-likeness (QED) is 0.340. The average molecular weight is 250 g/mol. The molecule has 0 aliphatic carbocycles. The van der Waals surface area contributed by atoms with Gasteiger partial charge < -0.3 is 21.6 Å². The Bertz CT molecular complexity index is 185. The SMILES string of the molecule is CCCCCCC1OC1[N+](C)(C)CCC.[Cl-]. The van der Waals surface area contributed by atoms with E-state index in [0.29, 0.717) is 12.3 Å². The Labute approximate surface area is 107 Å². The third kappa shape index (κ3) is 5.03. The minimum Gasteiger partial charge on any atom is -1.00 e. The topological polar surface area (TPSA) is 12.5 Å². The van der Waals surface area contributed by atoms with E-state index in [0.717, 1.165) is 4.48 Å². The Balaban J connectivity index is 0.00000225. The minimum atomic E-state index is 0. The summed E-state index contributed by atoms with van der Waals surface area (Å²) in [5.74, 6) is 0. The van der Waals surface area contributed by atoms with Crippen LogP contribution in [0.2, 0.25) is 0 Å². The lowest BCUT2D eigenvalue weighted by atomic mass is 10.1. The Hall–Kier alpha value is 0.210. The molecule has 2 unspecified atom stereocenters. The summed E-state index contributed by atoms with van der Waals surface area (Å²) in [6.07, 6.45) is 9.00. The number of epoxide rings is 1. The van der Waals surface area contributed by atoms with Crippen LogP contribution in [-0.4, -0.2) is 37.5 Å². The molecule has 1 rings (SSSR count). The molecule has 0 aromatic rings. The predicted molar refractivity (Wildman–Crippen MR) is 64.7 cm³/mol. The van der Waals surface area contributed by atoms with Gasteiger partial charge in [-0.1, -0.05) is 39.5 Å². The minimum absolute atomic E-state index is 0. The lowest BCUT2D eigenvalue weighted by Gasteiger charge is -2.27. The zero-order chi connectivity index (χ0) is 11.3. The van der Waals surface area contributed by atoms with Crippen molar-refractivity contribution in [2.75, 3.05) is 20.6 Å². The number of hydrogen-bond donors (Lipinski definition) is 0. The number of nitrogens with zero attached hydrogens (tertiary/aromatic N) is 1. The standard InChI is InChI=1S/C13H28NO.ClH/c1-5-7-8-9-10-12-13(15-12)14(3,4)11-6-2;/h12-13H,5-11H2,1-4H3;1H/q+1;/p-1.